The monoisotopic (exact) mass is 248 g/mol. The topological polar surface area (TPSA) is 57.2 Å². The summed E-state index contributed by atoms with van der Waals surface area (Å²) in [6.07, 6.45) is 0. The molecule has 0 atom stereocenters. The minimum atomic E-state index is -4.44. The molecule has 0 spiro atoms. The molecule has 0 saturated carbocycles. The molecule has 1 rings (SSSR count). The molecule has 0 saturated heterocycles. The van der Waals surface area contributed by atoms with Crippen LogP contribution in [-0.2, 0) is 10.1 Å². The summed E-state index contributed by atoms with van der Waals surface area (Å²) in [5.41, 5.74) is 0. The van der Waals surface area contributed by atoms with Gasteiger partial charge in [0.2, 0.25) is 0 Å². The smallest absolute Gasteiger partial charge is 0.744 e. The number of benzene rings is 1. The number of hydrogen-bond acceptors (Lipinski definition) is 3. The van der Waals surface area contributed by atoms with E-state index in [1.807, 2.05) is 0 Å². The van der Waals surface area contributed by atoms with Gasteiger partial charge >= 0.3 is 29.6 Å². The summed E-state index contributed by atoms with van der Waals surface area (Å²) in [5.74, 6) is 0. The van der Waals surface area contributed by atoms with Gasteiger partial charge in [0.05, 0.1) is 14.9 Å². The van der Waals surface area contributed by atoms with E-state index in [4.69, 9.17) is 23.2 Å². The van der Waals surface area contributed by atoms with Crippen molar-refractivity contribution >= 4 is 33.3 Å². The maximum absolute atomic E-state index is 10.4. The van der Waals surface area contributed by atoms with Gasteiger partial charge in [-0.1, -0.05) is 23.2 Å². The third-order valence-corrected chi connectivity index (χ3v) is 2.75. The predicted molar refractivity (Wildman–Crippen MR) is 44.4 cm³/mol. The van der Waals surface area contributed by atoms with Crippen molar-refractivity contribution in [2.24, 2.45) is 0 Å². The first-order chi connectivity index (χ1) is 5.41. The van der Waals surface area contributed by atoms with E-state index < -0.39 is 10.1 Å². The van der Waals surface area contributed by atoms with Crippen LogP contribution in [0.25, 0.3) is 0 Å². The molecule has 0 bridgehead atoms. The summed E-state index contributed by atoms with van der Waals surface area (Å²) < 4.78 is 31.3. The average Bonchev–Trinajstić information content (AvgIpc) is 1.92. The first-order valence-electron chi connectivity index (χ1n) is 2.82. The first kappa shape index (κ1) is 13.7. The zero-order valence-electron chi connectivity index (χ0n) is 6.62. The van der Waals surface area contributed by atoms with Gasteiger partial charge in [-0.2, -0.15) is 0 Å². The summed E-state index contributed by atoms with van der Waals surface area (Å²) >= 11 is 11.0. The van der Waals surface area contributed by atoms with E-state index in [0.717, 1.165) is 12.1 Å². The SMILES string of the molecule is O=S(=O)([O-])c1ccc(Cl)c(Cl)c1.[Na+]. The van der Waals surface area contributed by atoms with Crippen molar-refractivity contribution in [3.8, 4) is 0 Å². The summed E-state index contributed by atoms with van der Waals surface area (Å²) in [7, 11) is -4.44. The van der Waals surface area contributed by atoms with E-state index in [1.165, 1.54) is 6.07 Å². The number of rotatable bonds is 1. The van der Waals surface area contributed by atoms with Crippen LogP contribution >= 0.6 is 23.2 Å². The number of halogens is 2. The summed E-state index contributed by atoms with van der Waals surface area (Å²) in [6, 6.07) is 3.39. The second kappa shape index (κ2) is 4.98. The molecular formula is C6H3Cl2NaO3S. The van der Waals surface area contributed by atoms with Crippen LogP contribution in [0.4, 0.5) is 0 Å². The van der Waals surface area contributed by atoms with Crippen LogP contribution in [-0.4, -0.2) is 13.0 Å². The Morgan fingerprint density at radius 2 is 1.69 bits per heavy atom. The van der Waals surface area contributed by atoms with E-state index >= 15 is 0 Å². The van der Waals surface area contributed by atoms with Gasteiger partial charge in [-0.3, -0.25) is 0 Å². The van der Waals surface area contributed by atoms with Gasteiger partial charge in [0.15, 0.2) is 0 Å². The fourth-order valence-corrected chi connectivity index (χ4v) is 1.49. The molecule has 3 nitrogen and oxygen atoms in total. The largest absolute Gasteiger partial charge is 1.00 e. The Balaban J connectivity index is 0.00000144. The molecule has 0 unspecified atom stereocenters. The summed E-state index contributed by atoms with van der Waals surface area (Å²) in [5, 5.41) is 0.262. The molecule has 0 aliphatic heterocycles. The van der Waals surface area contributed by atoms with Crippen LogP contribution in [0.1, 0.15) is 0 Å². The summed E-state index contributed by atoms with van der Waals surface area (Å²) in [4.78, 5) is -0.378. The van der Waals surface area contributed by atoms with Gasteiger partial charge in [-0.05, 0) is 18.2 Å². The van der Waals surface area contributed by atoms with Gasteiger partial charge in [0.25, 0.3) is 0 Å². The molecule has 0 fully saturated rings. The molecule has 1 aromatic rings. The van der Waals surface area contributed by atoms with Gasteiger partial charge < -0.3 is 4.55 Å². The molecular weight excluding hydrogens is 246 g/mol. The second-order valence-electron chi connectivity index (χ2n) is 2.03. The van der Waals surface area contributed by atoms with E-state index in [-0.39, 0.29) is 44.5 Å². The molecule has 1 aromatic carbocycles. The molecule has 0 aromatic heterocycles. The predicted octanol–water partition coefficient (Wildman–Crippen LogP) is -1.10. The van der Waals surface area contributed by atoms with Crippen LogP contribution < -0.4 is 29.6 Å². The first-order valence-corrected chi connectivity index (χ1v) is 4.98. The molecule has 0 radical (unpaired) electrons. The fourth-order valence-electron chi connectivity index (χ4n) is 0.632. The average molecular weight is 249 g/mol. The maximum Gasteiger partial charge on any atom is 1.00 e. The van der Waals surface area contributed by atoms with Gasteiger partial charge in [0.1, 0.15) is 10.1 Å². The minimum absolute atomic E-state index is 0. The molecule has 0 aliphatic rings. The van der Waals surface area contributed by atoms with E-state index in [2.05, 4.69) is 0 Å². The Morgan fingerprint density at radius 3 is 2.08 bits per heavy atom. The standard InChI is InChI=1S/C6H4Cl2O3S.Na/c7-5-2-1-4(3-6(5)8)12(9,10)11;/h1-3H,(H,9,10,11);/q;+1/p-1. The molecule has 66 valence electrons. The third kappa shape index (κ3) is 3.75. The van der Waals surface area contributed by atoms with Crippen molar-refractivity contribution in [2.45, 2.75) is 4.90 Å². The molecule has 0 N–H and O–H groups in total. The Hall–Kier alpha value is 0.710. The van der Waals surface area contributed by atoms with Crippen molar-refractivity contribution < 1.29 is 42.5 Å². The maximum atomic E-state index is 10.4. The molecule has 0 aliphatic carbocycles. The van der Waals surface area contributed by atoms with Gasteiger partial charge in [0, 0.05) is 0 Å². The Kier molecular flexibility index (Phi) is 5.25. The van der Waals surface area contributed by atoms with Crippen molar-refractivity contribution in [1.29, 1.82) is 0 Å². The van der Waals surface area contributed by atoms with Crippen LogP contribution in [0.2, 0.25) is 10.0 Å². The van der Waals surface area contributed by atoms with Crippen LogP contribution in [0, 0.1) is 0 Å². The van der Waals surface area contributed by atoms with E-state index in [9.17, 15) is 13.0 Å². The zero-order valence-corrected chi connectivity index (χ0v) is 10.9. The molecule has 13 heavy (non-hydrogen) atoms. The Labute approximate surface area is 108 Å². The summed E-state index contributed by atoms with van der Waals surface area (Å²) in [6.45, 7) is 0. The van der Waals surface area contributed by atoms with Crippen molar-refractivity contribution in [2.75, 3.05) is 0 Å². The molecule has 0 heterocycles. The van der Waals surface area contributed by atoms with E-state index in [1.54, 1.807) is 0 Å². The van der Waals surface area contributed by atoms with Crippen LogP contribution in [0.3, 0.4) is 0 Å². The van der Waals surface area contributed by atoms with Gasteiger partial charge in [-0.15, -0.1) is 0 Å². The van der Waals surface area contributed by atoms with Crippen LogP contribution in [0.5, 0.6) is 0 Å². The van der Waals surface area contributed by atoms with Gasteiger partial charge in [-0.25, -0.2) is 8.42 Å². The quantitative estimate of drug-likeness (QED) is 0.469. The van der Waals surface area contributed by atoms with Crippen molar-refractivity contribution in [1.82, 2.24) is 0 Å². The van der Waals surface area contributed by atoms with Crippen LogP contribution in [0.15, 0.2) is 23.1 Å². The van der Waals surface area contributed by atoms with Crippen molar-refractivity contribution in [3.05, 3.63) is 28.2 Å². The number of hydrogen-bond donors (Lipinski definition) is 0. The minimum Gasteiger partial charge on any atom is -0.744 e. The Morgan fingerprint density at radius 1 is 1.15 bits per heavy atom. The van der Waals surface area contributed by atoms with Crippen molar-refractivity contribution in [3.63, 3.8) is 0 Å². The Bertz CT molecular complexity index is 404. The second-order valence-corrected chi connectivity index (χ2v) is 4.22. The third-order valence-electron chi connectivity index (χ3n) is 1.18. The van der Waals surface area contributed by atoms with E-state index in [0.29, 0.717) is 0 Å². The molecule has 7 heteroatoms. The zero-order chi connectivity index (χ0) is 9.35. The fraction of sp³-hybridized carbons (Fsp3) is 0. The normalized spacial score (nSPS) is 10.7. The molecule has 0 amide bonds.